The summed E-state index contributed by atoms with van der Waals surface area (Å²) in [7, 11) is 1.62. The largest absolute Gasteiger partial charge is 0.383 e. The van der Waals surface area contributed by atoms with Crippen LogP contribution in [-0.4, -0.2) is 33.5 Å². The Morgan fingerprint density at radius 1 is 1.47 bits per heavy atom. The number of pyridine rings is 1. The van der Waals surface area contributed by atoms with Crippen molar-refractivity contribution in [2.24, 2.45) is 0 Å². The van der Waals surface area contributed by atoms with Gasteiger partial charge in [0, 0.05) is 12.8 Å². The molecule has 2 heterocycles. The summed E-state index contributed by atoms with van der Waals surface area (Å²) in [6.45, 7) is 4.79. The molecule has 0 atom stereocenters. The van der Waals surface area contributed by atoms with Crippen LogP contribution in [0.1, 0.15) is 11.3 Å². The summed E-state index contributed by atoms with van der Waals surface area (Å²) in [5.41, 5.74) is 2.07. The van der Waals surface area contributed by atoms with Crippen LogP contribution in [0.3, 0.4) is 0 Å². The zero-order valence-corrected chi connectivity index (χ0v) is 11.9. The van der Waals surface area contributed by atoms with Crippen LogP contribution in [0.5, 0.6) is 0 Å². The summed E-state index contributed by atoms with van der Waals surface area (Å²) in [6, 6.07) is 1.91. The zero-order valence-electron chi connectivity index (χ0n) is 11.1. The molecule has 2 aromatic rings. The van der Waals surface area contributed by atoms with Crippen molar-refractivity contribution in [1.29, 1.82) is 0 Å². The highest BCUT2D eigenvalue weighted by Crippen LogP contribution is 2.17. The minimum atomic E-state index is -0.162. The Morgan fingerprint density at radius 2 is 2.21 bits per heavy atom. The molecule has 6 nitrogen and oxygen atoms in total. The number of methoxy groups -OCH3 is 1. The van der Waals surface area contributed by atoms with Gasteiger partial charge in [0.25, 0.3) is 5.56 Å². The maximum absolute atomic E-state index is 12.1. The van der Waals surface area contributed by atoms with E-state index in [1.807, 2.05) is 19.9 Å². The van der Waals surface area contributed by atoms with E-state index < -0.39 is 0 Å². The van der Waals surface area contributed by atoms with Crippen LogP contribution in [0.15, 0.2) is 10.9 Å². The van der Waals surface area contributed by atoms with Gasteiger partial charge in [0.1, 0.15) is 0 Å². The summed E-state index contributed by atoms with van der Waals surface area (Å²) in [5, 5.41) is 6.88. The number of aromatic nitrogens is 4. The molecule has 0 aromatic carbocycles. The molecule has 7 heteroatoms. The summed E-state index contributed by atoms with van der Waals surface area (Å²) in [5.74, 6) is 0.542. The molecule has 2 N–H and O–H groups in total. The van der Waals surface area contributed by atoms with Gasteiger partial charge in [0.05, 0.1) is 18.7 Å². The molecule has 0 aliphatic carbocycles. The van der Waals surface area contributed by atoms with Crippen molar-refractivity contribution in [3.05, 3.63) is 32.4 Å². The molecule has 0 radical (unpaired) electrons. The first-order valence-electron chi connectivity index (χ1n) is 5.89. The van der Waals surface area contributed by atoms with E-state index in [-0.39, 0.29) is 5.56 Å². The third kappa shape index (κ3) is 2.66. The fraction of sp³-hybridized carbons (Fsp3) is 0.417. The second-order valence-corrected chi connectivity index (χ2v) is 4.72. The molecule has 2 rings (SSSR count). The molecule has 0 unspecified atom stereocenters. The molecule has 0 fully saturated rings. The van der Waals surface area contributed by atoms with Gasteiger partial charge in [0.15, 0.2) is 10.6 Å². The van der Waals surface area contributed by atoms with Crippen molar-refractivity contribution >= 4 is 12.2 Å². The highest BCUT2D eigenvalue weighted by molar-refractivity contribution is 7.71. The lowest BCUT2D eigenvalue weighted by Gasteiger charge is -2.08. The van der Waals surface area contributed by atoms with Crippen LogP contribution >= 0.6 is 12.2 Å². The molecule has 0 aliphatic rings. The number of hydrogen-bond acceptors (Lipinski definition) is 4. The topological polar surface area (TPSA) is 75.7 Å². The van der Waals surface area contributed by atoms with Crippen LogP contribution in [0, 0.1) is 18.6 Å². The number of ether oxygens (including phenoxy) is 1. The van der Waals surface area contributed by atoms with Crippen molar-refractivity contribution in [3.63, 3.8) is 0 Å². The number of nitrogens with one attached hydrogen (secondary N) is 2. The molecular formula is C12H16N4O2S. The summed E-state index contributed by atoms with van der Waals surface area (Å²) < 4.78 is 7.29. The Labute approximate surface area is 115 Å². The second-order valence-electron chi connectivity index (χ2n) is 4.34. The average molecular weight is 280 g/mol. The van der Waals surface area contributed by atoms with Crippen molar-refractivity contribution in [3.8, 4) is 11.4 Å². The van der Waals surface area contributed by atoms with E-state index in [1.165, 1.54) is 0 Å². The first kappa shape index (κ1) is 13.7. The maximum Gasteiger partial charge on any atom is 0.259 e. The first-order chi connectivity index (χ1) is 9.04. The molecule has 19 heavy (non-hydrogen) atoms. The fourth-order valence-corrected chi connectivity index (χ4v) is 2.25. The molecule has 0 spiro atoms. The van der Waals surface area contributed by atoms with Crippen molar-refractivity contribution in [1.82, 2.24) is 19.7 Å². The predicted molar refractivity (Wildman–Crippen MR) is 74.8 cm³/mol. The van der Waals surface area contributed by atoms with Gasteiger partial charge in [-0.2, -0.15) is 5.10 Å². The van der Waals surface area contributed by atoms with Crippen molar-refractivity contribution in [2.45, 2.75) is 20.4 Å². The Kier molecular flexibility index (Phi) is 3.96. The van der Waals surface area contributed by atoms with Gasteiger partial charge in [0.2, 0.25) is 0 Å². The SMILES string of the molecule is COCCn1c(-c2c(C)cc(C)[nH]c2=O)n[nH]c1=S. The third-order valence-electron chi connectivity index (χ3n) is 2.87. The second kappa shape index (κ2) is 5.50. The van der Waals surface area contributed by atoms with Gasteiger partial charge >= 0.3 is 0 Å². The van der Waals surface area contributed by atoms with Gasteiger partial charge in [-0.1, -0.05) is 0 Å². The summed E-state index contributed by atoms with van der Waals surface area (Å²) in [4.78, 5) is 14.9. The lowest BCUT2D eigenvalue weighted by atomic mass is 10.1. The Morgan fingerprint density at radius 3 is 2.84 bits per heavy atom. The molecule has 0 bridgehead atoms. The molecular weight excluding hydrogens is 264 g/mol. The summed E-state index contributed by atoms with van der Waals surface area (Å²) in [6.07, 6.45) is 0. The zero-order chi connectivity index (χ0) is 14.0. The van der Waals surface area contributed by atoms with Gasteiger partial charge < -0.3 is 9.72 Å². The number of nitrogens with zero attached hydrogens (tertiary/aromatic N) is 2. The Bertz CT molecular complexity index is 698. The normalized spacial score (nSPS) is 10.9. The Balaban J connectivity index is 2.60. The lowest BCUT2D eigenvalue weighted by molar-refractivity contribution is 0.187. The minimum absolute atomic E-state index is 0.162. The lowest BCUT2D eigenvalue weighted by Crippen LogP contribution is -2.16. The molecule has 102 valence electrons. The number of H-pyrrole nitrogens is 2. The molecule has 0 saturated heterocycles. The molecule has 0 amide bonds. The Hall–Kier alpha value is -1.73. The summed E-state index contributed by atoms with van der Waals surface area (Å²) >= 11 is 5.18. The van der Waals surface area contributed by atoms with Crippen LogP contribution in [0.25, 0.3) is 11.4 Å². The van der Waals surface area contributed by atoms with Gasteiger partial charge in [-0.05, 0) is 37.7 Å². The maximum atomic E-state index is 12.1. The first-order valence-corrected chi connectivity index (χ1v) is 6.30. The monoisotopic (exact) mass is 280 g/mol. The van der Waals surface area contributed by atoms with Crippen LogP contribution in [0.4, 0.5) is 0 Å². The van der Waals surface area contributed by atoms with E-state index in [2.05, 4.69) is 15.2 Å². The van der Waals surface area contributed by atoms with Crippen molar-refractivity contribution < 1.29 is 4.74 Å². The van der Waals surface area contributed by atoms with Gasteiger partial charge in [-0.15, -0.1) is 0 Å². The van der Waals surface area contributed by atoms with E-state index in [0.717, 1.165) is 11.3 Å². The quantitative estimate of drug-likeness (QED) is 0.833. The van der Waals surface area contributed by atoms with Crippen LogP contribution in [-0.2, 0) is 11.3 Å². The molecule has 2 aromatic heterocycles. The number of aromatic amines is 2. The van der Waals surface area contributed by atoms with Crippen LogP contribution < -0.4 is 5.56 Å². The molecule has 0 saturated carbocycles. The number of rotatable bonds is 4. The van der Waals surface area contributed by atoms with Gasteiger partial charge in [-0.3, -0.25) is 14.5 Å². The van der Waals surface area contributed by atoms with E-state index in [0.29, 0.717) is 29.3 Å². The van der Waals surface area contributed by atoms with E-state index in [1.54, 1.807) is 11.7 Å². The third-order valence-corrected chi connectivity index (χ3v) is 3.18. The minimum Gasteiger partial charge on any atom is -0.383 e. The van der Waals surface area contributed by atoms with E-state index in [4.69, 9.17) is 17.0 Å². The molecule has 0 aliphatic heterocycles. The predicted octanol–water partition coefficient (Wildman–Crippen LogP) is 1.56. The highest BCUT2D eigenvalue weighted by atomic mass is 32.1. The number of aryl methyl sites for hydroxylation is 2. The smallest absolute Gasteiger partial charge is 0.259 e. The number of hydrogen-bond donors (Lipinski definition) is 2. The fourth-order valence-electron chi connectivity index (χ4n) is 2.03. The van der Waals surface area contributed by atoms with E-state index >= 15 is 0 Å². The van der Waals surface area contributed by atoms with Crippen LogP contribution in [0.2, 0.25) is 0 Å². The van der Waals surface area contributed by atoms with Crippen molar-refractivity contribution in [2.75, 3.05) is 13.7 Å². The van der Waals surface area contributed by atoms with Gasteiger partial charge in [-0.25, -0.2) is 0 Å². The highest BCUT2D eigenvalue weighted by Gasteiger charge is 2.15. The average Bonchev–Trinajstić information content (AvgIpc) is 2.67. The standard InChI is InChI=1S/C12H16N4O2S/c1-7-6-8(2)13-11(17)9(7)10-14-15-12(19)16(10)4-5-18-3/h6H,4-5H2,1-3H3,(H,13,17)(H,15,19). The van der Waals surface area contributed by atoms with E-state index in [9.17, 15) is 4.79 Å².